The number of hydrogen-bond acceptors (Lipinski definition) is 4. The van der Waals surface area contributed by atoms with Gasteiger partial charge in [0.1, 0.15) is 0 Å². The zero-order valence-electron chi connectivity index (χ0n) is 6.71. The Morgan fingerprint density at radius 1 is 1.73 bits per heavy atom. The van der Waals surface area contributed by atoms with Gasteiger partial charge >= 0.3 is 0 Å². The third-order valence-electron chi connectivity index (χ3n) is 1.26. The molecule has 0 rings (SSSR count). The quantitative estimate of drug-likeness (QED) is 0.511. The minimum Gasteiger partial charge on any atom is -0.395 e. The summed E-state index contributed by atoms with van der Waals surface area (Å²) in [5.74, 6) is 0. The Kier molecular flexibility index (Phi) is 7.05. The molecule has 64 valence electrons. The van der Waals surface area contributed by atoms with Gasteiger partial charge in [0.25, 0.3) is 0 Å². The molecule has 0 amide bonds. The fraction of sp³-hybridized carbons (Fsp3) is 0.857. The summed E-state index contributed by atoms with van der Waals surface area (Å²) in [6.45, 7) is 1.12. The van der Waals surface area contributed by atoms with Crippen molar-refractivity contribution in [3.8, 4) is 6.07 Å². The first-order chi connectivity index (χ1) is 5.35. The fourth-order valence-corrected chi connectivity index (χ4v) is 0.710. The molecule has 0 aliphatic heterocycles. The molecule has 0 aromatic rings. The molecular weight excluding hydrogens is 144 g/mol. The molecule has 0 heterocycles. The average molecular weight is 158 g/mol. The Morgan fingerprint density at radius 3 is 2.91 bits per heavy atom. The fourth-order valence-electron chi connectivity index (χ4n) is 0.710. The van der Waals surface area contributed by atoms with Crippen LogP contribution in [0.2, 0.25) is 0 Å². The second kappa shape index (κ2) is 7.48. The molecule has 0 saturated heterocycles. The van der Waals surface area contributed by atoms with E-state index in [0.29, 0.717) is 19.6 Å². The van der Waals surface area contributed by atoms with Crippen molar-refractivity contribution < 1.29 is 9.84 Å². The van der Waals surface area contributed by atoms with Crippen molar-refractivity contribution in [3.05, 3.63) is 0 Å². The molecule has 11 heavy (non-hydrogen) atoms. The van der Waals surface area contributed by atoms with Crippen LogP contribution >= 0.6 is 0 Å². The highest BCUT2D eigenvalue weighted by molar-refractivity contribution is 4.73. The number of rotatable bonds is 6. The van der Waals surface area contributed by atoms with Crippen molar-refractivity contribution >= 4 is 0 Å². The summed E-state index contributed by atoms with van der Waals surface area (Å²) >= 11 is 0. The van der Waals surface area contributed by atoms with E-state index in [9.17, 15) is 0 Å². The van der Waals surface area contributed by atoms with Crippen LogP contribution in [0.15, 0.2) is 0 Å². The number of ether oxygens (including phenoxy) is 1. The minimum absolute atomic E-state index is 0.0409. The van der Waals surface area contributed by atoms with Crippen LogP contribution in [-0.4, -0.2) is 38.0 Å². The normalized spacial score (nSPS) is 12.5. The van der Waals surface area contributed by atoms with Gasteiger partial charge in [0, 0.05) is 20.1 Å². The van der Waals surface area contributed by atoms with Crippen molar-refractivity contribution in [2.45, 2.75) is 12.5 Å². The maximum Gasteiger partial charge on any atom is 0.0638 e. The highest BCUT2D eigenvalue weighted by Crippen LogP contribution is 1.83. The summed E-state index contributed by atoms with van der Waals surface area (Å²) in [5.41, 5.74) is 0. The molecule has 0 aliphatic rings. The number of aliphatic hydroxyl groups excluding tert-OH is 1. The molecule has 0 aliphatic carbocycles. The number of hydrogen-bond donors (Lipinski definition) is 2. The van der Waals surface area contributed by atoms with Crippen LogP contribution < -0.4 is 5.32 Å². The molecular formula is C7H14N2O2. The van der Waals surface area contributed by atoms with Gasteiger partial charge in [-0.05, 0) is 0 Å². The third kappa shape index (κ3) is 5.80. The van der Waals surface area contributed by atoms with Crippen LogP contribution in [0.3, 0.4) is 0 Å². The molecule has 0 aromatic heterocycles. The van der Waals surface area contributed by atoms with Crippen molar-refractivity contribution in [3.63, 3.8) is 0 Å². The van der Waals surface area contributed by atoms with E-state index in [1.165, 1.54) is 0 Å². The van der Waals surface area contributed by atoms with Crippen LogP contribution in [0.1, 0.15) is 6.42 Å². The number of nitrogens with one attached hydrogen (secondary N) is 1. The van der Waals surface area contributed by atoms with E-state index in [2.05, 4.69) is 5.32 Å². The van der Waals surface area contributed by atoms with E-state index in [-0.39, 0.29) is 12.6 Å². The summed E-state index contributed by atoms with van der Waals surface area (Å²) in [5, 5.41) is 19.9. The molecule has 0 spiro atoms. The lowest BCUT2D eigenvalue weighted by molar-refractivity contribution is 0.129. The summed E-state index contributed by atoms with van der Waals surface area (Å²) in [4.78, 5) is 0. The Morgan fingerprint density at radius 2 is 2.45 bits per heavy atom. The summed E-state index contributed by atoms with van der Waals surface area (Å²) < 4.78 is 4.82. The molecule has 4 nitrogen and oxygen atoms in total. The smallest absolute Gasteiger partial charge is 0.0638 e. The number of methoxy groups -OCH3 is 1. The van der Waals surface area contributed by atoms with Gasteiger partial charge in [-0.2, -0.15) is 5.26 Å². The summed E-state index contributed by atoms with van der Waals surface area (Å²) in [6, 6.07) is 1.96. The van der Waals surface area contributed by atoms with Gasteiger partial charge in [0.15, 0.2) is 0 Å². The highest BCUT2D eigenvalue weighted by Gasteiger charge is 2.03. The van der Waals surface area contributed by atoms with E-state index in [0.717, 1.165) is 0 Å². The Labute approximate surface area is 66.8 Å². The van der Waals surface area contributed by atoms with E-state index in [1.54, 1.807) is 7.11 Å². The SMILES string of the molecule is COCC(CO)NCCC#N. The molecule has 1 atom stereocenters. The van der Waals surface area contributed by atoms with Crippen LogP contribution in [-0.2, 0) is 4.74 Å². The van der Waals surface area contributed by atoms with Crippen LogP contribution in [0, 0.1) is 11.3 Å². The predicted octanol–water partition coefficient (Wildman–Crippen LogP) is -0.503. The van der Waals surface area contributed by atoms with Crippen LogP contribution in [0.4, 0.5) is 0 Å². The largest absolute Gasteiger partial charge is 0.395 e. The second-order valence-corrected chi connectivity index (χ2v) is 2.20. The molecule has 1 unspecified atom stereocenters. The van der Waals surface area contributed by atoms with Gasteiger partial charge in [0.05, 0.1) is 25.3 Å². The van der Waals surface area contributed by atoms with Gasteiger partial charge in [0.2, 0.25) is 0 Å². The van der Waals surface area contributed by atoms with Crippen molar-refractivity contribution in [1.82, 2.24) is 5.32 Å². The monoisotopic (exact) mass is 158 g/mol. The van der Waals surface area contributed by atoms with E-state index >= 15 is 0 Å². The molecule has 0 saturated carbocycles. The zero-order valence-corrected chi connectivity index (χ0v) is 6.71. The summed E-state index contributed by atoms with van der Waals surface area (Å²) in [6.07, 6.45) is 0.459. The van der Waals surface area contributed by atoms with Crippen molar-refractivity contribution in [2.24, 2.45) is 0 Å². The predicted molar refractivity (Wildman–Crippen MR) is 41.0 cm³/mol. The van der Waals surface area contributed by atoms with Gasteiger partial charge in [-0.1, -0.05) is 0 Å². The van der Waals surface area contributed by atoms with E-state index in [1.807, 2.05) is 6.07 Å². The third-order valence-corrected chi connectivity index (χ3v) is 1.26. The molecule has 0 bridgehead atoms. The van der Waals surface area contributed by atoms with Gasteiger partial charge < -0.3 is 15.2 Å². The van der Waals surface area contributed by atoms with Crippen LogP contribution in [0.25, 0.3) is 0 Å². The molecule has 0 radical (unpaired) electrons. The minimum atomic E-state index is -0.0478. The zero-order chi connectivity index (χ0) is 8.53. The highest BCUT2D eigenvalue weighted by atomic mass is 16.5. The lowest BCUT2D eigenvalue weighted by atomic mass is 10.3. The maximum atomic E-state index is 8.73. The van der Waals surface area contributed by atoms with Gasteiger partial charge in [-0.25, -0.2) is 0 Å². The van der Waals surface area contributed by atoms with E-state index in [4.69, 9.17) is 15.1 Å². The molecule has 0 aromatic carbocycles. The molecule has 4 heteroatoms. The number of nitriles is 1. The Bertz CT molecular complexity index is 122. The van der Waals surface area contributed by atoms with Gasteiger partial charge in [-0.3, -0.25) is 0 Å². The number of nitrogens with zero attached hydrogens (tertiary/aromatic N) is 1. The number of aliphatic hydroxyl groups is 1. The van der Waals surface area contributed by atoms with Crippen molar-refractivity contribution in [1.29, 1.82) is 5.26 Å². The van der Waals surface area contributed by atoms with E-state index < -0.39 is 0 Å². The first-order valence-corrected chi connectivity index (χ1v) is 3.55. The average Bonchev–Trinajstić information content (AvgIpc) is 2.03. The first kappa shape index (κ1) is 10.4. The maximum absolute atomic E-state index is 8.73. The first-order valence-electron chi connectivity index (χ1n) is 3.55. The molecule has 0 fully saturated rings. The van der Waals surface area contributed by atoms with Crippen LogP contribution in [0.5, 0.6) is 0 Å². The van der Waals surface area contributed by atoms with Gasteiger partial charge in [-0.15, -0.1) is 0 Å². The lowest BCUT2D eigenvalue weighted by Crippen LogP contribution is -2.36. The lowest BCUT2D eigenvalue weighted by Gasteiger charge is -2.13. The second-order valence-electron chi connectivity index (χ2n) is 2.20. The topological polar surface area (TPSA) is 65.3 Å². The Hall–Kier alpha value is -0.630. The summed E-state index contributed by atoms with van der Waals surface area (Å²) in [7, 11) is 1.58. The van der Waals surface area contributed by atoms with Crippen molar-refractivity contribution in [2.75, 3.05) is 26.9 Å². The molecule has 2 N–H and O–H groups in total. The standard InChI is InChI=1S/C7H14N2O2/c1-11-6-7(5-10)9-4-2-3-8/h7,9-10H,2,4-6H2,1H3. The Balaban J connectivity index is 3.29.